The summed E-state index contributed by atoms with van der Waals surface area (Å²) in [7, 11) is 0. The minimum atomic E-state index is -0.338. The van der Waals surface area contributed by atoms with Crippen molar-refractivity contribution in [1.29, 1.82) is 0 Å². The number of pyridine rings is 1. The zero-order chi connectivity index (χ0) is 17.6. The predicted octanol–water partition coefficient (Wildman–Crippen LogP) is 3.04. The van der Waals surface area contributed by atoms with Gasteiger partial charge in [-0.3, -0.25) is 4.79 Å². The number of nitrogens with zero attached hydrogens (tertiary/aromatic N) is 4. The lowest BCUT2D eigenvalue weighted by Gasteiger charge is -2.21. The largest absolute Gasteiger partial charge is 0.357 e. The summed E-state index contributed by atoms with van der Waals surface area (Å²) >= 11 is 0. The average Bonchev–Trinajstić information content (AvgIpc) is 2.97. The van der Waals surface area contributed by atoms with Gasteiger partial charge in [-0.2, -0.15) is 4.98 Å². The second-order valence-electron chi connectivity index (χ2n) is 6.51. The molecule has 25 heavy (non-hydrogen) atoms. The summed E-state index contributed by atoms with van der Waals surface area (Å²) in [6, 6.07) is 3.87. The van der Waals surface area contributed by atoms with Crippen molar-refractivity contribution < 1.29 is 9.32 Å². The Morgan fingerprint density at radius 2 is 2.08 bits per heavy atom. The normalized spacial score (nSPS) is 16.3. The van der Waals surface area contributed by atoms with Crippen LogP contribution in [-0.4, -0.2) is 40.2 Å². The third-order valence-corrected chi connectivity index (χ3v) is 4.54. The van der Waals surface area contributed by atoms with Gasteiger partial charge in [-0.15, -0.1) is 0 Å². The number of rotatable bonds is 5. The average molecular weight is 343 g/mol. The topological polar surface area (TPSA) is 84.2 Å². The maximum absolute atomic E-state index is 12.1. The summed E-state index contributed by atoms with van der Waals surface area (Å²) in [6.07, 6.45) is 7.52. The number of aromatic nitrogens is 3. The van der Waals surface area contributed by atoms with Gasteiger partial charge in [0.1, 0.15) is 5.82 Å². The van der Waals surface area contributed by atoms with Crippen molar-refractivity contribution in [1.82, 2.24) is 20.4 Å². The number of carbonyl (C=O) groups excluding carboxylic acids is 1. The van der Waals surface area contributed by atoms with E-state index in [-0.39, 0.29) is 17.8 Å². The third kappa shape index (κ3) is 4.35. The Morgan fingerprint density at radius 1 is 1.32 bits per heavy atom. The van der Waals surface area contributed by atoms with Gasteiger partial charge in [0.15, 0.2) is 0 Å². The van der Waals surface area contributed by atoms with Crippen LogP contribution in [0.4, 0.5) is 5.82 Å². The molecule has 3 heterocycles. The fraction of sp³-hybridized carbons (Fsp3) is 0.556. The zero-order valence-electron chi connectivity index (χ0n) is 14.9. The molecule has 1 aliphatic rings. The molecule has 1 amide bonds. The maximum Gasteiger partial charge on any atom is 0.316 e. The van der Waals surface area contributed by atoms with Gasteiger partial charge < -0.3 is 14.7 Å². The lowest BCUT2D eigenvalue weighted by Crippen LogP contribution is -2.32. The summed E-state index contributed by atoms with van der Waals surface area (Å²) in [5.74, 6) is 0.987. The highest BCUT2D eigenvalue weighted by atomic mass is 16.5. The van der Waals surface area contributed by atoms with Crippen LogP contribution in [0, 0.1) is 0 Å². The molecule has 7 heteroatoms. The Balaban J connectivity index is 1.76. The van der Waals surface area contributed by atoms with Crippen molar-refractivity contribution in [3.63, 3.8) is 0 Å². The second kappa shape index (κ2) is 8.09. The van der Waals surface area contributed by atoms with Crippen LogP contribution in [0.5, 0.6) is 0 Å². The van der Waals surface area contributed by atoms with Crippen molar-refractivity contribution >= 4 is 11.7 Å². The van der Waals surface area contributed by atoms with E-state index in [1.165, 1.54) is 25.7 Å². The van der Waals surface area contributed by atoms with Gasteiger partial charge in [0, 0.05) is 30.9 Å². The molecule has 134 valence electrons. The van der Waals surface area contributed by atoms with E-state index in [4.69, 9.17) is 4.52 Å². The summed E-state index contributed by atoms with van der Waals surface area (Å²) < 4.78 is 5.12. The number of hydrogen-bond acceptors (Lipinski definition) is 6. The Hall–Kier alpha value is -2.44. The molecule has 1 atom stereocenters. The minimum absolute atomic E-state index is 0.0107. The number of amides is 1. The smallest absolute Gasteiger partial charge is 0.316 e. The Bertz CT molecular complexity index is 707. The second-order valence-corrected chi connectivity index (χ2v) is 6.51. The van der Waals surface area contributed by atoms with Gasteiger partial charge in [-0.25, -0.2) is 4.98 Å². The van der Waals surface area contributed by atoms with E-state index in [1.807, 2.05) is 26.0 Å². The molecular weight excluding hydrogens is 318 g/mol. The summed E-state index contributed by atoms with van der Waals surface area (Å²) in [4.78, 5) is 23.1. The van der Waals surface area contributed by atoms with Gasteiger partial charge >= 0.3 is 11.8 Å². The molecule has 0 spiro atoms. The first-order chi connectivity index (χ1) is 12.2. The van der Waals surface area contributed by atoms with Crippen molar-refractivity contribution in [3.05, 3.63) is 24.2 Å². The highest BCUT2D eigenvalue weighted by molar-refractivity contribution is 5.90. The molecule has 1 fully saturated rings. The lowest BCUT2D eigenvalue weighted by molar-refractivity contribution is 0.0895. The van der Waals surface area contributed by atoms with Crippen molar-refractivity contribution in [3.8, 4) is 11.4 Å². The van der Waals surface area contributed by atoms with E-state index < -0.39 is 0 Å². The van der Waals surface area contributed by atoms with Gasteiger partial charge in [0.05, 0.1) is 0 Å². The Labute approximate surface area is 147 Å². The molecule has 0 saturated carbocycles. The Morgan fingerprint density at radius 3 is 2.80 bits per heavy atom. The highest BCUT2D eigenvalue weighted by Crippen LogP contribution is 2.23. The lowest BCUT2D eigenvalue weighted by atomic mass is 10.2. The van der Waals surface area contributed by atoms with Crippen LogP contribution in [0.3, 0.4) is 0 Å². The van der Waals surface area contributed by atoms with Gasteiger partial charge in [-0.05, 0) is 38.3 Å². The molecule has 7 nitrogen and oxygen atoms in total. The molecule has 0 radical (unpaired) electrons. The fourth-order valence-corrected chi connectivity index (χ4v) is 2.85. The number of carbonyl (C=O) groups is 1. The van der Waals surface area contributed by atoms with Crippen LogP contribution in [0.1, 0.15) is 56.6 Å². The molecule has 2 aromatic heterocycles. The first-order valence-corrected chi connectivity index (χ1v) is 9.03. The third-order valence-electron chi connectivity index (χ3n) is 4.54. The highest BCUT2D eigenvalue weighted by Gasteiger charge is 2.18. The van der Waals surface area contributed by atoms with Gasteiger partial charge in [0.2, 0.25) is 5.82 Å². The molecule has 1 N–H and O–H groups in total. The van der Waals surface area contributed by atoms with E-state index in [9.17, 15) is 4.79 Å². The summed E-state index contributed by atoms with van der Waals surface area (Å²) in [6.45, 7) is 5.98. The van der Waals surface area contributed by atoms with E-state index >= 15 is 0 Å². The van der Waals surface area contributed by atoms with Gasteiger partial charge in [-0.1, -0.05) is 24.9 Å². The van der Waals surface area contributed by atoms with Crippen LogP contribution in [0.2, 0.25) is 0 Å². The van der Waals surface area contributed by atoms with E-state index in [2.05, 4.69) is 25.3 Å². The molecule has 0 bridgehead atoms. The molecule has 0 aliphatic carbocycles. The molecule has 0 unspecified atom stereocenters. The zero-order valence-corrected chi connectivity index (χ0v) is 14.9. The number of nitrogens with one attached hydrogen (secondary N) is 1. The summed E-state index contributed by atoms with van der Waals surface area (Å²) in [5.41, 5.74) is 0.806. The first kappa shape index (κ1) is 17.4. The fourth-order valence-electron chi connectivity index (χ4n) is 2.85. The van der Waals surface area contributed by atoms with Crippen LogP contribution in [0.15, 0.2) is 22.9 Å². The molecule has 1 aliphatic heterocycles. The predicted molar refractivity (Wildman–Crippen MR) is 95.4 cm³/mol. The molecule has 2 aromatic rings. The first-order valence-electron chi connectivity index (χ1n) is 9.03. The van der Waals surface area contributed by atoms with Gasteiger partial charge in [0.25, 0.3) is 0 Å². The summed E-state index contributed by atoms with van der Waals surface area (Å²) in [5, 5.41) is 6.78. The van der Waals surface area contributed by atoms with Crippen molar-refractivity contribution in [2.75, 3.05) is 18.0 Å². The van der Waals surface area contributed by atoms with Crippen molar-refractivity contribution in [2.45, 2.75) is 52.0 Å². The Kier molecular flexibility index (Phi) is 5.63. The number of anilines is 1. The molecule has 0 aromatic carbocycles. The molecular formula is C18H25N5O2. The monoisotopic (exact) mass is 343 g/mol. The van der Waals surface area contributed by atoms with E-state index in [0.29, 0.717) is 5.82 Å². The van der Waals surface area contributed by atoms with E-state index in [1.54, 1.807) is 6.20 Å². The van der Waals surface area contributed by atoms with E-state index in [0.717, 1.165) is 30.9 Å². The molecule has 1 saturated heterocycles. The maximum atomic E-state index is 12.1. The number of hydrogen-bond donors (Lipinski definition) is 1. The van der Waals surface area contributed by atoms with Crippen LogP contribution >= 0.6 is 0 Å². The molecule has 3 rings (SSSR count). The van der Waals surface area contributed by atoms with Crippen LogP contribution in [0.25, 0.3) is 11.4 Å². The van der Waals surface area contributed by atoms with Crippen LogP contribution in [-0.2, 0) is 0 Å². The van der Waals surface area contributed by atoms with Crippen LogP contribution < -0.4 is 10.2 Å². The van der Waals surface area contributed by atoms with Crippen molar-refractivity contribution in [2.24, 2.45) is 0 Å². The minimum Gasteiger partial charge on any atom is -0.357 e. The standard InChI is InChI=1S/C18H25N5O2/c1-3-13(2)20-17(24)18-21-16(22-25-18)14-8-9-19-15(12-14)23-10-6-4-5-7-11-23/h8-9,12-13H,3-7,10-11H2,1-2H3,(H,20,24)/t13-/m1/s1. The quantitative estimate of drug-likeness (QED) is 0.898. The SMILES string of the molecule is CC[C@@H](C)NC(=O)c1nc(-c2ccnc(N3CCCCCC3)c2)no1.